The molecule has 6 rings (SSSR count). The van der Waals surface area contributed by atoms with Crippen molar-refractivity contribution in [3.05, 3.63) is 71.8 Å². The molecular weight excluding hydrogens is 750 g/mol. The van der Waals surface area contributed by atoms with Crippen molar-refractivity contribution in [2.45, 2.75) is 122 Å². The van der Waals surface area contributed by atoms with Crippen LogP contribution < -0.4 is 5.32 Å². The molecule has 4 aliphatic rings. The Balaban J connectivity index is 1.46. The Bertz CT molecular complexity index is 1940. The predicted molar refractivity (Wildman–Crippen MR) is 206 cm³/mol. The van der Waals surface area contributed by atoms with Crippen LogP contribution in [0.1, 0.15) is 96.6 Å². The lowest BCUT2D eigenvalue weighted by molar-refractivity contribution is -0.343. The summed E-state index contributed by atoms with van der Waals surface area (Å²) in [5.74, 6) is -9.15. The van der Waals surface area contributed by atoms with Crippen LogP contribution in [0, 0.1) is 34.5 Å². The number of hydrogen-bond acceptors (Lipinski definition) is 13. The lowest BCUT2D eigenvalue weighted by Crippen LogP contribution is -2.81. The van der Waals surface area contributed by atoms with Crippen molar-refractivity contribution in [2.75, 3.05) is 6.61 Å². The SMILES string of the molecule is CC(=O)O[C@@]12CO[C@@H]1C[C@H](O)[C@@]1(C)C(=O)C(=O)C3C(C)[C@@H](OC(=O)[C@H](O)[C@@H](NC(=O)OC(C)(C)C)c4ccccc4)C[C@@](O)([C@@H](CC(=O)c4ccccc4)[C@H]21)C3(C)C. The Morgan fingerprint density at radius 2 is 1.59 bits per heavy atom. The maximum Gasteiger partial charge on any atom is 0.408 e. The Morgan fingerprint density at radius 3 is 2.14 bits per heavy atom. The minimum Gasteiger partial charge on any atom is -0.460 e. The lowest BCUT2D eigenvalue weighted by atomic mass is 9.40. The first-order valence-electron chi connectivity index (χ1n) is 19.8. The van der Waals surface area contributed by atoms with Gasteiger partial charge in [0.15, 0.2) is 17.5 Å². The molecule has 4 fully saturated rings. The van der Waals surface area contributed by atoms with E-state index in [9.17, 15) is 44.1 Å². The molecule has 14 heteroatoms. The summed E-state index contributed by atoms with van der Waals surface area (Å²) in [6.07, 6.45) is -7.63. The normalized spacial score (nSPS) is 35.0. The maximum atomic E-state index is 14.9. The molecule has 2 bridgehead atoms. The maximum absolute atomic E-state index is 14.9. The predicted octanol–water partition coefficient (Wildman–Crippen LogP) is 4.07. The number of amides is 1. The molecule has 3 aliphatic carbocycles. The molecule has 314 valence electrons. The van der Waals surface area contributed by atoms with E-state index in [4.69, 9.17) is 18.9 Å². The second-order valence-electron chi connectivity index (χ2n) is 18.3. The van der Waals surface area contributed by atoms with E-state index in [1.807, 2.05) is 0 Å². The van der Waals surface area contributed by atoms with Gasteiger partial charge in [-0.3, -0.25) is 19.2 Å². The second kappa shape index (κ2) is 15.3. The van der Waals surface area contributed by atoms with Gasteiger partial charge in [-0.05, 0) is 33.3 Å². The summed E-state index contributed by atoms with van der Waals surface area (Å²) in [4.78, 5) is 84.0. The third-order valence-corrected chi connectivity index (χ3v) is 13.4. The van der Waals surface area contributed by atoms with Crippen molar-refractivity contribution in [1.29, 1.82) is 0 Å². The molecule has 1 saturated heterocycles. The third-order valence-electron chi connectivity index (χ3n) is 13.4. The second-order valence-corrected chi connectivity index (χ2v) is 18.3. The van der Waals surface area contributed by atoms with E-state index < -0.39 is 124 Å². The molecule has 58 heavy (non-hydrogen) atoms. The quantitative estimate of drug-likeness (QED) is 0.122. The fourth-order valence-electron chi connectivity index (χ4n) is 10.5. The van der Waals surface area contributed by atoms with Crippen molar-refractivity contribution >= 4 is 35.4 Å². The van der Waals surface area contributed by atoms with Crippen molar-refractivity contribution in [1.82, 2.24) is 5.32 Å². The van der Waals surface area contributed by atoms with Crippen LogP contribution in [-0.2, 0) is 38.1 Å². The summed E-state index contributed by atoms with van der Waals surface area (Å²) < 4.78 is 23.4. The van der Waals surface area contributed by atoms with Gasteiger partial charge >= 0.3 is 18.0 Å². The molecule has 2 aromatic carbocycles. The van der Waals surface area contributed by atoms with Crippen LogP contribution in [0.25, 0.3) is 0 Å². The molecule has 0 aromatic heterocycles. The van der Waals surface area contributed by atoms with E-state index in [0.717, 1.165) is 0 Å². The Morgan fingerprint density at radius 1 is 0.983 bits per heavy atom. The average molecular weight is 806 g/mol. The van der Waals surface area contributed by atoms with E-state index in [1.54, 1.807) is 102 Å². The number of nitrogens with one attached hydrogen (secondary N) is 1. The molecule has 1 amide bonds. The van der Waals surface area contributed by atoms with Crippen molar-refractivity contribution in [2.24, 2.45) is 34.5 Å². The van der Waals surface area contributed by atoms with E-state index in [0.29, 0.717) is 11.1 Å². The summed E-state index contributed by atoms with van der Waals surface area (Å²) in [6, 6.07) is 15.2. The molecule has 2 unspecified atom stereocenters. The minimum absolute atomic E-state index is 0.154. The number of Topliss-reactive ketones (excluding diaryl/α,β-unsaturated/α-hetero) is 3. The minimum atomic E-state index is -2.13. The number of rotatable bonds is 9. The zero-order chi connectivity index (χ0) is 42.7. The molecule has 2 aromatic rings. The number of alkyl carbamates (subject to hydrolysis) is 1. The van der Waals surface area contributed by atoms with Gasteiger partial charge in [0.2, 0.25) is 11.6 Å². The summed E-state index contributed by atoms with van der Waals surface area (Å²) in [7, 11) is 0. The first-order valence-corrected chi connectivity index (χ1v) is 19.8. The lowest BCUT2D eigenvalue weighted by Gasteiger charge is -2.68. The van der Waals surface area contributed by atoms with Crippen LogP contribution >= 0.6 is 0 Å². The standard InChI is InChI=1S/C44H55NO13/c1-23-29(56-38(52)35(50)33(26-17-13-10-14-18-26)45-39(53)58-40(3,4)5)21-44(54)27(19-28(47)25-15-11-9-12-16-25)36-42(8,37(51)34(49)32(23)41(44,6)7)30(48)20-31-43(36,22-55-31)57-24(2)46/h9-18,23,27,29-33,35-36,48,50,54H,19-22H2,1-8H3,(H,45,53)/t23?,27-,29-,30-,31+,32?,33-,35+,36-,42+,43-,44+/m0/s1. The van der Waals surface area contributed by atoms with Crippen LogP contribution in [0.5, 0.6) is 0 Å². The number of hydrogen-bond donors (Lipinski definition) is 4. The van der Waals surface area contributed by atoms with Crippen molar-refractivity contribution in [3.63, 3.8) is 0 Å². The number of ether oxygens (including phenoxy) is 4. The number of aliphatic hydroxyl groups is 3. The highest BCUT2D eigenvalue weighted by atomic mass is 16.6. The highest BCUT2D eigenvalue weighted by molar-refractivity contribution is 6.40. The van der Waals surface area contributed by atoms with Gasteiger partial charge in [0, 0.05) is 60.8 Å². The first-order chi connectivity index (χ1) is 27.0. The molecular formula is C44H55NO13. The Kier molecular flexibility index (Phi) is 11.3. The molecule has 12 atom stereocenters. The van der Waals surface area contributed by atoms with Crippen molar-refractivity contribution in [3.8, 4) is 0 Å². The molecule has 0 radical (unpaired) electrons. The number of aliphatic hydroxyl groups excluding tert-OH is 2. The molecule has 1 heterocycles. The van der Waals surface area contributed by atoms with Gasteiger partial charge in [0.05, 0.1) is 29.8 Å². The largest absolute Gasteiger partial charge is 0.460 e. The summed E-state index contributed by atoms with van der Waals surface area (Å²) in [5, 5.41) is 39.6. The number of carbonyl (C=O) groups is 6. The van der Waals surface area contributed by atoms with E-state index >= 15 is 0 Å². The van der Waals surface area contributed by atoms with Gasteiger partial charge in [0.25, 0.3) is 0 Å². The Labute approximate surface area is 337 Å². The molecule has 14 nitrogen and oxygen atoms in total. The topological polar surface area (TPSA) is 212 Å². The van der Waals surface area contributed by atoms with Crippen LogP contribution in [0.2, 0.25) is 0 Å². The smallest absolute Gasteiger partial charge is 0.408 e. The number of ketones is 3. The fourth-order valence-corrected chi connectivity index (χ4v) is 10.5. The monoisotopic (exact) mass is 805 g/mol. The molecule has 4 N–H and O–H groups in total. The van der Waals surface area contributed by atoms with E-state index in [1.165, 1.54) is 13.8 Å². The summed E-state index contributed by atoms with van der Waals surface area (Å²) in [5.41, 5.74) is -7.46. The van der Waals surface area contributed by atoms with Gasteiger partial charge in [-0.2, -0.15) is 0 Å². The summed E-state index contributed by atoms with van der Waals surface area (Å²) >= 11 is 0. The van der Waals surface area contributed by atoms with Crippen LogP contribution in [0.15, 0.2) is 60.7 Å². The zero-order valence-electron chi connectivity index (χ0n) is 34.2. The number of benzene rings is 2. The van der Waals surface area contributed by atoms with Gasteiger partial charge in [-0.25, -0.2) is 9.59 Å². The highest BCUT2D eigenvalue weighted by Gasteiger charge is 2.78. The first kappa shape index (κ1) is 43.1. The highest BCUT2D eigenvalue weighted by Crippen LogP contribution is 2.66. The van der Waals surface area contributed by atoms with E-state index in [-0.39, 0.29) is 19.4 Å². The summed E-state index contributed by atoms with van der Waals surface area (Å²) in [6.45, 7) is 12.2. The van der Waals surface area contributed by atoms with Crippen LogP contribution in [-0.4, -0.2) is 98.5 Å². The number of fused-ring (bicyclic) bond motifs is 5. The third kappa shape index (κ3) is 7.15. The Hall–Kier alpha value is -4.50. The number of carbonyl (C=O) groups excluding carboxylic acids is 6. The fraction of sp³-hybridized carbons (Fsp3) is 0.591. The molecule has 0 spiro atoms. The van der Waals surface area contributed by atoms with Crippen LogP contribution in [0.4, 0.5) is 4.79 Å². The molecule has 3 saturated carbocycles. The van der Waals surface area contributed by atoms with Gasteiger partial charge in [-0.15, -0.1) is 0 Å². The van der Waals surface area contributed by atoms with Gasteiger partial charge in [-0.1, -0.05) is 81.4 Å². The van der Waals surface area contributed by atoms with Gasteiger partial charge < -0.3 is 39.6 Å². The van der Waals surface area contributed by atoms with E-state index in [2.05, 4.69) is 5.32 Å². The average Bonchev–Trinajstić information content (AvgIpc) is 3.14. The van der Waals surface area contributed by atoms with Crippen LogP contribution in [0.3, 0.4) is 0 Å². The molecule has 1 aliphatic heterocycles. The zero-order valence-corrected chi connectivity index (χ0v) is 34.2. The van der Waals surface area contributed by atoms with Crippen molar-refractivity contribution < 1.29 is 63.0 Å². The van der Waals surface area contributed by atoms with Gasteiger partial charge in [0.1, 0.15) is 17.8 Å². The number of esters is 2.